The second kappa shape index (κ2) is 18.1. The SMILES string of the molecule is CC(N)=NCCCC[C@H](N)C(=O)OCOC(=O)c1cc(=O)c2c(OCC(O)COc3cccc4oc(C(=O)[O-])cc(=O)c34)cccc2o1.[Na+]. The van der Waals surface area contributed by atoms with Gasteiger partial charge in [-0.05, 0) is 50.5 Å². The van der Waals surface area contributed by atoms with Crippen LogP contribution in [-0.2, 0) is 14.3 Å². The zero-order valence-electron chi connectivity index (χ0n) is 26.7. The van der Waals surface area contributed by atoms with Crippen LogP contribution in [0.2, 0.25) is 0 Å². The number of carboxylic acids is 1. The van der Waals surface area contributed by atoms with Crippen molar-refractivity contribution < 1.29 is 81.9 Å². The number of carbonyl (C=O) groups excluding carboxylic acids is 3. The number of carboxylic acid groups (broad SMARTS) is 1. The van der Waals surface area contributed by atoms with Crippen LogP contribution < -0.4 is 66.5 Å². The first-order valence-electron chi connectivity index (χ1n) is 14.6. The van der Waals surface area contributed by atoms with Crippen molar-refractivity contribution in [2.75, 3.05) is 26.6 Å². The van der Waals surface area contributed by atoms with Crippen LogP contribution in [0.5, 0.6) is 11.5 Å². The van der Waals surface area contributed by atoms with Gasteiger partial charge >= 0.3 is 41.5 Å². The number of aromatic carboxylic acids is 1. The number of fused-ring (bicyclic) bond motifs is 2. The smallest absolute Gasteiger partial charge is 0.542 e. The maximum absolute atomic E-state index is 12.9. The van der Waals surface area contributed by atoms with Crippen molar-refractivity contribution in [1.82, 2.24) is 0 Å². The summed E-state index contributed by atoms with van der Waals surface area (Å²) in [4.78, 5) is 65.1. The van der Waals surface area contributed by atoms with Crippen LogP contribution in [0.4, 0.5) is 0 Å². The van der Waals surface area contributed by atoms with E-state index in [0.717, 1.165) is 12.1 Å². The molecule has 2 aromatic carbocycles. The molecule has 0 aliphatic carbocycles. The number of aliphatic imine (C=N–C) groups is 1. The number of amidine groups is 1. The van der Waals surface area contributed by atoms with Gasteiger partial charge in [-0.25, -0.2) is 4.79 Å². The van der Waals surface area contributed by atoms with Gasteiger partial charge in [0.2, 0.25) is 12.6 Å². The Kier molecular flexibility index (Phi) is 14.3. The Hall–Kier alpha value is -4.74. The quantitative estimate of drug-likeness (QED) is 0.0277. The Balaban J connectivity index is 0.00000650. The number of carbonyl (C=O) groups is 3. The van der Waals surface area contributed by atoms with Crippen molar-refractivity contribution in [1.29, 1.82) is 0 Å². The summed E-state index contributed by atoms with van der Waals surface area (Å²) in [6.45, 7) is 0.725. The first-order valence-corrected chi connectivity index (χ1v) is 14.6. The van der Waals surface area contributed by atoms with E-state index in [2.05, 4.69) is 4.99 Å². The number of aliphatic hydroxyl groups is 1. The van der Waals surface area contributed by atoms with Crippen LogP contribution >= 0.6 is 0 Å². The largest absolute Gasteiger partial charge is 1.00 e. The molecule has 5 N–H and O–H groups in total. The molecule has 0 aliphatic heterocycles. The number of aliphatic hydroxyl groups excluding tert-OH is 1. The van der Waals surface area contributed by atoms with E-state index in [1.165, 1.54) is 36.4 Å². The van der Waals surface area contributed by atoms with Gasteiger partial charge in [-0.2, -0.15) is 0 Å². The van der Waals surface area contributed by atoms with Crippen molar-refractivity contribution in [3.8, 4) is 11.5 Å². The standard InChI is InChI=1S/C32H33N3O13.Na/c1-17(33)35-11-3-2-6-19(34)31(41)45-16-46-32(42)27-13-21(38)29-23(8-5-10-25(29)48-27)44-15-18(36)14-43-22-7-4-9-24-28(22)20(37)12-26(47-24)30(39)40;/h4-5,7-10,12-13,18-19,36H,2-3,6,11,14-16,34H2,1H3,(H2,33,35)(H,39,40);/q;+1/p-1/t18?,19-;/m0./s1. The molecule has 2 heterocycles. The fourth-order valence-corrected chi connectivity index (χ4v) is 4.39. The van der Waals surface area contributed by atoms with Crippen LogP contribution in [0.1, 0.15) is 47.3 Å². The molecule has 0 amide bonds. The summed E-state index contributed by atoms with van der Waals surface area (Å²) >= 11 is 0. The molecule has 4 aromatic rings. The minimum Gasteiger partial charge on any atom is -0.542 e. The molecule has 2 aromatic heterocycles. The van der Waals surface area contributed by atoms with Gasteiger partial charge < -0.3 is 54.3 Å². The van der Waals surface area contributed by atoms with Gasteiger partial charge in [0.25, 0.3) is 0 Å². The van der Waals surface area contributed by atoms with Gasteiger partial charge in [0.05, 0.1) is 5.84 Å². The van der Waals surface area contributed by atoms with E-state index in [9.17, 15) is 34.2 Å². The van der Waals surface area contributed by atoms with E-state index in [0.29, 0.717) is 31.6 Å². The van der Waals surface area contributed by atoms with E-state index in [-0.39, 0.29) is 76.2 Å². The molecular formula is C32H32N3NaO13. The van der Waals surface area contributed by atoms with Crippen LogP contribution in [-0.4, -0.2) is 67.5 Å². The first-order chi connectivity index (χ1) is 22.9. The first kappa shape index (κ1) is 38.7. The van der Waals surface area contributed by atoms with Crippen LogP contribution in [0.25, 0.3) is 21.9 Å². The second-order valence-corrected chi connectivity index (χ2v) is 10.4. The molecule has 0 aliphatic rings. The average Bonchev–Trinajstić information content (AvgIpc) is 3.05. The molecule has 0 spiro atoms. The maximum atomic E-state index is 12.9. The molecule has 0 radical (unpaired) electrons. The number of hydrogen-bond acceptors (Lipinski definition) is 15. The molecule has 0 bridgehead atoms. The number of hydrogen-bond donors (Lipinski definition) is 3. The third-order valence-electron chi connectivity index (χ3n) is 6.68. The number of nitrogens with zero attached hydrogens (tertiary/aromatic N) is 1. The van der Waals surface area contributed by atoms with Gasteiger partial charge in [-0.3, -0.25) is 19.4 Å². The van der Waals surface area contributed by atoms with Crippen molar-refractivity contribution in [2.45, 2.75) is 38.3 Å². The molecule has 4 rings (SSSR count). The minimum atomic E-state index is -1.65. The predicted octanol–water partition coefficient (Wildman–Crippen LogP) is -2.38. The summed E-state index contributed by atoms with van der Waals surface area (Å²) < 4.78 is 31.7. The Morgan fingerprint density at radius 3 is 2.00 bits per heavy atom. The summed E-state index contributed by atoms with van der Waals surface area (Å²) in [5.41, 5.74) is 9.86. The summed E-state index contributed by atoms with van der Waals surface area (Å²) in [5, 5.41) is 21.5. The van der Waals surface area contributed by atoms with Crippen LogP contribution in [0, 0.1) is 0 Å². The average molecular weight is 690 g/mol. The van der Waals surface area contributed by atoms with E-state index in [4.69, 9.17) is 39.2 Å². The maximum Gasteiger partial charge on any atom is 1.00 e. The fraction of sp³-hybridized carbons (Fsp3) is 0.312. The molecule has 49 heavy (non-hydrogen) atoms. The van der Waals surface area contributed by atoms with E-state index >= 15 is 0 Å². The molecule has 17 heteroatoms. The Morgan fingerprint density at radius 2 is 1.45 bits per heavy atom. The minimum absolute atomic E-state index is 0. The Morgan fingerprint density at radius 1 is 0.898 bits per heavy atom. The third kappa shape index (κ3) is 10.6. The summed E-state index contributed by atoms with van der Waals surface area (Å²) in [7, 11) is 0. The van der Waals surface area contributed by atoms with Crippen molar-refractivity contribution >= 4 is 45.7 Å². The zero-order chi connectivity index (χ0) is 34.8. The normalized spacial score (nSPS) is 12.5. The van der Waals surface area contributed by atoms with Crippen LogP contribution in [0.3, 0.4) is 0 Å². The number of nitrogens with two attached hydrogens (primary N) is 2. The summed E-state index contributed by atoms with van der Waals surface area (Å²) in [6.07, 6.45) is 0.364. The van der Waals surface area contributed by atoms with Gasteiger partial charge in [-0.15, -0.1) is 0 Å². The van der Waals surface area contributed by atoms with E-state index in [1.807, 2.05) is 0 Å². The third-order valence-corrected chi connectivity index (χ3v) is 6.68. The topological polar surface area (TPSA) is 256 Å². The fourth-order valence-electron chi connectivity index (χ4n) is 4.39. The Bertz CT molecular complexity index is 1950. The summed E-state index contributed by atoms with van der Waals surface area (Å²) in [6, 6.07) is 9.35. The predicted molar refractivity (Wildman–Crippen MR) is 167 cm³/mol. The van der Waals surface area contributed by atoms with E-state index < -0.39 is 59.2 Å². The van der Waals surface area contributed by atoms with Crippen LogP contribution in [0.15, 0.2) is 71.9 Å². The molecule has 1 unspecified atom stereocenters. The monoisotopic (exact) mass is 689 g/mol. The molecule has 2 atom stereocenters. The zero-order valence-corrected chi connectivity index (χ0v) is 28.7. The van der Waals surface area contributed by atoms with Crippen molar-refractivity contribution in [2.24, 2.45) is 16.5 Å². The second-order valence-electron chi connectivity index (χ2n) is 10.4. The molecule has 0 saturated carbocycles. The van der Waals surface area contributed by atoms with Crippen molar-refractivity contribution in [3.05, 3.63) is 80.5 Å². The van der Waals surface area contributed by atoms with Gasteiger partial charge in [0.15, 0.2) is 16.6 Å². The van der Waals surface area contributed by atoms with Gasteiger partial charge in [0, 0.05) is 18.7 Å². The van der Waals surface area contributed by atoms with Crippen molar-refractivity contribution in [3.63, 3.8) is 0 Å². The Labute approximate surface area is 299 Å². The molecule has 0 fully saturated rings. The molecular weight excluding hydrogens is 657 g/mol. The number of esters is 2. The molecule has 0 saturated heterocycles. The summed E-state index contributed by atoms with van der Waals surface area (Å²) in [5.74, 6) is -4.06. The number of benzene rings is 2. The number of ether oxygens (including phenoxy) is 4. The number of rotatable bonds is 16. The molecule has 16 nitrogen and oxygen atoms in total. The van der Waals surface area contributed by atoms with Gasteiger partial charge in [0.1, 0.15) is 64.8 Å². The van der Waals surface area contributed by atoms with E-state index in [1.54, 1.807) is 6.92 Å². The van der Waals surface area contributed by atoms with Gasteiger partial charge in [-0.1, -0.05) is 12.1 Å². The number of unbranched alkanes of at least 4 members (excludes halogenated alkanes) is 1. The molecule has 254 valence electrons.